The van der Waals surface area contributed by atoms with E-state index in [1.54, 1.807) is 18.2 Å². The largest absolute Gasteiger partial charge is 0.357 e. The molecule has 1 aromatic heterocycles. The van der Waals surface area contributed by atoms with Crippen molar-refractivity contribution in [1.82, 2.24) is 20.5 Å². The number of carbonyl (C=O) groups is 4. The molecule has 150 valence electrons. The molecule has 4 amide bonds. The predicted molar refractivity (Wildman–Crippen MR) is 105 cm³/mol. The third-order valence-electron chi connectivity index (χ3n) is 4.89. The number of aromatic nitrogens is 1. The molecule has 9 nitrogen and oxygen atoms in total. The van der Waals surface area contributed by atoms with Crippen molar-refractivity contribution < 1.29 is 19.2 Å². The summed E-state index contributed by atoms with van der Waals surface area (Å²) in [6.45, 7) is 0.977. The van der Waals surface area contributed by atoms with Crippen LogP contribution in [0.15, 0.2) is 23.6 Å². The van der Waals surface area contributed by atoms with E-state index in [2.05, 4.69) is 20.9 Å². The number of benzene rings is 1. The van der Waals surface area contributed by atoms with Crippen LogP contribution in [0.5, 0.6) is 0 Å². The monoisotopic (exact) mass is 413 g/mol. The minimum atomic E-state index is -0.969. The first kappa shape index (κ1) is 19.2. The minimum Gasteiger partial charge on any atom is -0.357 e. The molecule has 2 aliphatic rings. The first-order valence-electron chi connectivity index (χ1n) is 9.16. The van der Waals surface area contributed by atoms with Crippen LogP contribution in [0.1, 0.15) is 44.8 Å². The number of hydrogen-bond acceptors (Lipinski definition) is 8. The average Bonchev–Trinajstić information content (AvgIpc) is 3.24. The van der Waals surface area contributed by atoms with Gasteiger partial charge in [-0.2, -0.15) is 0 Å². The van der Waals surface area contributed by atoms with E-state index in [0.717, 1.165) is 10.6 Å². The molecule has 1 saturated heterocycles. The van der Waals surface area contributed by atoms with Gasteiger partial charge in [-0.1, -0.05) is 12.1 Å². The Kier molecular flexibility index (Phi) is 5.12. The lowest BCUT2D eigenvalue weighted by Crippen LogP contribution is -2.54. The van der Waals surface area contributed by atoms with Gasteiger partial charge in [0, 0.05) is 24.9 Å². The van der Waals surface area contributed by atoms with E-state index in [1.807, 2.05) is 12.4 Å². The second-order valence-corrected chi connectivity index (χ2v) is 7.67. The highest BCUT2D eigenvalue weighted by Gasteiger charge is 2.45. The molecule has 0 spiro atoms. The highest BCUT2D eigenvalue weighted by atomic mass is 32.1. The molecule has 4 rings (SSSR count). The van der Waals surface area contributed by atoms with Crippen molar-refractivity contribution in [3.8, 4) is 0 Å². The third-order valence-corrected chi connectivity index (χ3v) is 5.74. The number of amides is 4. The lowest BCUT2D eigenvalue weighted by Gasteiger charge is -2.27. The number of nitrogens with one attached hydrogen (secondary N) is 3. The van der Waals surface area contributed by atoms with Crippen molar-refractivity contribution in [3.63, 3.8) is 0 Å². The first-order valence-corrected chi connectivity index (χ1v) is 10.0. The summed E-state index contributed by atoms with van der Waals surface area (Å²) in [7, 11) is 1.84. The van der Waals surface area contributed by atoms with Crippen molar-refractivity contribution in [3.05, 3.63) is 46.0 Å². The van der Waals surface area contributed by atoms with Gasteiger partial charge in [0.25, 0.3) is 11.8 Å². The second kappa shape index (κ2) is 7.72. The lowest BCUT2D eigenvalue weighted by atomic mass is 10.0. The Morgan fingerprint density at radius 2 is 2.03 bits per heavy atom. The number of rotatable bonds is 6. The number of nitrogens with zero attached hydrogens (tertiary/aromatic N) is 2. The second-order valence-electron chi connectivity index (χ2n) is 6.81. The van der Waals surface area contributed by atoms with Crippen molar-refractivity contribution in [2.45, 2.75) is 32.0 Å². The summed E-state index contributed by atoms with van der Waals surface area (Å²) in [5.74, 6) is -2.03. The summed E-state index contributed by atoms with van der Waals surface area (Å²) in [4.78, 5) is 54.9. The summed E-state index contributed by atoms with van der Waals surface area (Å²) >= 11 is 1.46. The number of hydrogen-bond donors (Lipinski definition) is 3. The van der Waals surface area contributed by atoms with E-state index in [-0.39, 0.29) is 18.4 Å². The Morgan fingerprint density at radius 1 is 1.21 bits per heavy atom. The van der Waals surface area contributed by atoms with Crippen LogP contribution >= 0.6 is 11.3 Å². The van der Waals surface area contributed by atoms with Crippen molar-refractivity contribution in [2.75, 3.05) is 12.4 Å². The molecule has 1 fully saturated rings. The third kappa shape index (κ3) is 3.52. The molecule has 2 aliphatic heterocycles. The quantitative estimate of drug-likeness (QED) is 0.601. The zero-order valence-electron chi connectivity index (χ0n) is 15.7. The summed E-state index contributed by atoms with van der Waals surface area (Å²) in [6.07, 6.45) is 0.230. The zero-order chi connectivity index (χ0) is 20.5. The van der Waals surface area contributed by atoms with Gasteiger partial charge >= 0.3 is 0 Å². The van der Waals surface area contributed by atoms with Gasteiger partial charge in [-0.3, -0.25) is 29.4 Å². The Bertz CT molecular complexity index is 1020. The summed E-state index contributed by atoms with van der Waals surface area (Å²) in [6, 6.07) is 4.10. The molecular weight excluding hydrogens is 394 g/mol. The number of thiazole rings is 1. The van der Waals surface area contributed by atoms with Crippen LogP contribution in [0, 0.1) is 0 Å². The Labute approximate surface area is 170 Å². The van der Waals surface area contributed by atoms with Crippen LogP contribution in [0.4, 0.5) is 5.13 Å². The topological polar surface area (TPSA) is 120 Å². The SMILES string of the molecule is CNCc1csc(NCc2cccc3c2C(=O)N(C2CCC(=O)NC2=O)C3=O)n1. The molecule has 10 heteroatoms. The summed E-state index contributed by atoms with van der Waals surface area (Å²) in [5, 5.41) is 11.1. The molecule has 2 aromatic rings. The maximum absolute atomic E-state index is 13.0. The molecule has 1 unspecified atom stereocenters. The van der Waals surface area contributed by atoms with Gasteiger partial charge in [-0.25, -0.2) is 4.98 Å². The van der Waals surface area contributed by atoms with E-state index in [1.165, 1.54) is 11.3 Å². The minimum absolute atomic E-state index is 0.0945. The Balaban J connectivity index is 1.56. The van der Waals surface area contributed by atoms with Crippen molar-refractivity contribution in [1.29, 1.82) is 0 Å². The van der Waals surface area contributed by atoms with Crippen LogP contribution in [0.25, 0.3) is 0 Å². The van der Waals surface area contributed by atoms with Crippen LogP contribution < -0.4 is 16.0 Å². The van der Waals surface area contributed by atoms with Gasteiger partial charge in [0.1, 0.15) is 6.04 Å². The molecular formula is C19H19N5O4S. The number of fused-ring (bicyclic) bond motifs is 1. The van der Waals surface area contributed by atoms with Crippen LogP contribution in [-0.2, 0) is 22.7 Å². The Morgan fingerprint density at radius 3 is 2.79 bits per heavy atom. The van der Waals surface area contributed by atoms with Gasteiger partial charge in [0.2, 0.25) is 11.8 Å². The normalized spacial score (nSPS) is 18.8. The van der Waals surface area contributed by atoms with Crippen molar-refractivity contribution in [2.24, 2.45) is 0 Å². The molecule has 29 heavy (non-hydrogen) atoms. The fraction of sp³-hybridized carbons (Fsp3) is 0.316. The predicted octanol–water partition coefficient (Wildman–Crippen LogP) is 0.876. The molecule has 1 atom stereocenters. The number of imide groups is 2. The summed E-state index contributed by atoms with van der Waals surface area (Å²) in [5.41, 5.74) is 2.13. The standard InChI is InChI=1S/C19H19N5O4S/c1-20-8-11-9-29-19(22-11)21-7-10-3-2-4-12-15(10)18(28)24(17(12)27)13-5-6-14(25)23-16(13)26/h2-4,9,13,20H,5-8H2,1H3,(H,21,22)(H,23,25,26). The van der Waals surface area contributed by atoms with E-state index < -0.39 is 29.7 Å². The van der Waals surface area contributed by atoms with Gasteiger partial charge < -0.3 is 10.6 Å². The lowest BCUT2D eigenvalue weighted by molar-refractivity contribution is -0.136. The van der Waals surface area contributed by atoms with Crippen LogP contribution in [-0.4, -0.2) is 46.6 Å². The summed E-state index contributed by atoms with van der Waals surface area (Å²) < 4.78 is 0. The fourth-order valence-electron chi connectivity index (χ4n) is 3.55. The van der Waals surface area contributed by atoms with E-state index in [9.17, 15) is 19.2 Å². The highest BCUT2D eigenvalue weighted by molar-refractivity contribution is 7.13. The number of anilines is 1. The zero-order valence-corrected chi connectivity index (χ0v) is 16.5. The smallest absolute Gasteiger partial charge is 0.262 e. The molecule has 3 N–H and O–H groups in total. The maximum atomic E-state index is 13.0. The number of piperidine rings is 1. The van der Waals surface area contributed by atoms with Crippen LogP contribution in [0.2, 0.25) is 0 Å². The molecule has 0 radical (unpaired) electrons. The molecule has 0 bridgehead atoms. The van der Waals surface area contributed by atoms with Crippen LogP contribution in [0.3, 0.4) is 0 Å². The van der Waals surface area contributed by atoms with E-state index >= 15 is 0 Å². The molecule has 3 heterocycles. The molecule has 0 saturated carbocycles. The first-order chi connectivity index (χ1) is 14.0. The highest BCUT2D eigenvalue weighted by Crippen LogP contribution is 2.30. The Hall–Kier alpha value is -3.11. The number of carbonyl (C=O) groups excluding carboxylic acids is 4. The van der Waals surface area contributed by atoms with E-state index in [0.29, 0.717) is 29.3 Å². The van der Waals surface area contributed by atoms with Gasteiger partial charge in [0.05, 0.1) is 16.8 Å². The molecule has 1 aromatic carbocycles. The van der Waals surface area contributed by atoms with Crippen molar-refractivity contribution >= 4 is 40.1 Å². The fourth-order valence-corrected chi connectivity index (χ4v) is 4.26. The molecule has 0 aliphatic carbocycles. The average molecular weight is 413 g/mol. The maximum Gasteiger partial charge on any atom is 0.262 e. The van der Waals surface area contributed by atoms with Gasteiger partial charge in [-0.05, 0) is 25.1 Å². The van der Waals surface area contributed by atoms with E-state index in [4.69, 9.17) is 0 Å². The van der Waals surface area contributed by atoms with Gasteiger partial charge in [0.15, 0.2) is 5.13 Å². The van der Waals surface area contributed by atoms with Gasteiger partial charge in [-0.15, -0.1) is 11.3 Å².